The summed E-state index contributed by atoms with van der Waals surface area (Å²) in [5, 5.41) is 9.52. The second kappa shape index (κ2) is 13.0. The molecule has 9 heteroatoms. The second-order valence-electron chi connectivity index (χ2n) is 10.4. The first-order chi connectivity index (χ1) is 19.9. The van der Waals surface area contributed by atoms with E-state index >= 15 is 0 Å². The lowest BCUT2D eigenvalue weighted by Gasteiger charge is -2.34. The van der Waals surface area contributed by atoms with E-state index < -0.39 is 5.97 Å². The fourth-order valence-corrected chi connectivity index (χ4v) is 5.65. The monoisotopic (exact) mass is 564 g/mol. The number of anilines is 2. The predicted molar refractivity (Wildman–Crippen MR) is 155 cm³/mol. The van der Waals surface area contributed by atoms with Crippen LogP contribution >= 0.6 is 0 Å². The summed E-state index contributed by atoms with van der Waals surface area (Å²) in [7, 11) is 1.61. The number of benzene rings is 3. The summed E-state index contributed by atoms with van der Waals surface area (Å²) in [4.78, 5) is 15.7. The molecule has 218 valence electrons. The van der Waals surface area contributed by atoms with Crippen molar-refractivity contribution in [3.8, 4) is 23.0 Å². The van der Waals surface area contributed by atoms with Crippen LogP contribution in [0.4, 0.5) is 15.8 Å². The van der Waals surface area contributed by atoms with Gasteiger partial charge in [-0.15, -0.1) is 0 Å². The quantitative estimate of drug-likeness (QED) is 0.314. The largest absolute Gasteiger partial charge is 0.497 e. The van der Waals surface area contributed by atoms with Crippen LogP contribution in [0.5, 0.6) is 23.0 Å². The molecule has 0 saturated carbocycles. The van der Waals surface area contributed by atoms with Gasteiger partial charge in [0.15, 0.2) is 0 Å². The minimum Gasteiger partial charge on any atom is -0.497 e. The lowest BCUT2D eigenvalue weighted by molar-refractivity contribution is -0.137. The molecule has 2 saturated heterocycles. The molecule has 3 aromatic carbocycles. The minimum atomic E-state index is -0.835. The number of hydrogen-bond donors (Lipinski definition) is 1. The van der Waals surface area contributed by atoms with Gasteiger partial charge in [-0.25, -0.2) is 4.39 Å². The Bertz CT molecular complexity index is 1310. The van der Waals surface area contributed by atoms with Gasteiger partial charge in [-0.05, 0) is 55.5 Å². The zero-order chi connectivity index (χ0) is 28.8. The summed E-state index contributed by atoms with van der Waals surface area (Å²) in [5.74, 6) is 1.76. The number of carboxylic acid groups (broad SMARTS) is 1. The number of methoxy groups -OCH3 is 1. The summed E-state index contributed by atoms with van der Waals surface area (Å²) in [6.45, 7) is 4.40. The van der Waals surface area contributed by atoms with E-state index in [9.17, 15) is 14.3 Å². The van der Waals surface area contributed by atoms with Crippen molar-refractivity contribution in [3.05, 3.63) is 72.5 Å². The summed E-state index contributed by atoms with van der Waals surface area (Å²) in [6, 6.07) is 19.9. The van der Waals surface area contributed by atoms with E-state index in [4.69, 9.17) is 18.9 Å². The van der Waals surface area contributed by atoms with Crippen molar-refractivity contribution in [1.29, 1.82) is 0 Å². The molecule has 1 N–H and O–H groups in total. The first-order valence-electron chi connectivity index (χ1n) is 14.1. The van der Waals surface area contributed by atoms with Crippen LogP contribution in [0.1, 0.15) is 32.6 Å². The standard InChI is InChI=1S/C32H37FN2O6/c1-3-39-27-11-12-30(33)31(20-27)34-15-13-25(14-16-34)40-24-9-7-22(8-10-24)35-21-29(17-23(35)18-32(36)37)41-28-6-4-5-26(19-28)38-2/h4-12,19-20,23,25,29H,3,13-18,21H2,1-2H3,(H,36,37)/t23-,29-/m1/s1. The zero-order valence-corrected chi connectivity index (χ0v) is 23.5. The van der Waals surface area contributed by atoms with Gasteiger partial charge >= 0.3 is 5.97 Å². The van der Waals surface area contributed by atoms with E-state index in [1.165, 1.54) is 6.07 Å². The average molecular weight is 565 g/mol. The Balaban J connectivity index is 1.18. The Morgan fingerprint density at radius 3 is 2.34 bits per heavy atom. The van der Waals surface area contributed by atoms with Crippen LogP contribution in [0.25, 0.3) is 0 Å². The molecule has 2 atom stereocenters. The molecular weight excluding hydrogens is 527 g/mol. The molecule has 0 spiro atoms. The number of aliphatic carboxylic acids is 1. The molecule has 0 amide bonds. The van der Waals surface area contributed by atoms with E-state index in [2.05, 4.69) is 4.90 Å². The SMILES string of the molecule is CCOc1ccc(F)c(N2CCC(Oc3ccc(N4C[C@H](Oc5cccc(OC)c5)C[C@@H]4CC(=O)O)cc3)CC2)c1. The normalized spacial score (nSPS) is 19.2. The van der Waals surface area contributed by atoms with E-state index in [0.717, 1.165) is 24.3 Å². The smallest absolute Gasteiger partial charge is 0.305 e. The zero-order valence-electron chi connectivity index (χ0n) is 23.5. The number of piperidine rings is 1. The molecule has 0 radical (unpaired) electrons. The Hall–Kier alpha value is -4.14. The van der Waals surface area contributed by atoms with Gasteiger partial charge in [0.1, 0.15) is 41.0 Å². The molecule has 5 rings (SSSR count). The van der Waals surface area contributed by atoms with Crippen LogP contribution in [-0.2, 0) is 4.79 Å². The highest BCUT2D eigenvalue weighted by atomic mass is 19.1. The summed E-state index contributed by atoms with van der Waals surface area (Å²) in [6.07, 6.45) is 2.07. The van der Waals surface area contributed by atoms with Gasteiger partial charge < -0.3 is 33.9 Å². The molecule has 3 aromatic rings. The molecular formula is C32H37FN2O6. The molecule has 8 nitrogen and oxygen atoms in total. The van der Waals surface area contributed by atoms with E-state index in [0.29, 0.717) is 55.6 Å². The van der Waals surface area contributed by atoms with Crippen molar-refractivity contribution in [2.24, 2.45) is 0 Å². The highest BCUT2D eigenvalue weighted by Crippen LogP contribution is 2.33. The Labute approximate surface area is 240 Å². The molecule has 0 unspecified atom stereocenters. The van der Waals surface area contributed by atoms with Crippen molar-refractivity contribution >= 4 is 17.3 Å². The third-order valence-electron chi connectivity index (χ3n) is 7.61. The van der Waals surface area contributed by atoms with Gasteiger partial charge in [0.2, 0.25) is 0 Å². The molecule has 2 fully saturated rings. The van der Waals surface area contributed by atoms with Crippen molar-refractivity contribution in [2.75, 3.05) is 43.2 Å². The number of ether oxygens (including phenoxy) is 4. The third-order valence-corrected chi connectivity index (χ3v) is 7.61. The van der Waals surface area contributed by atoms with Gasteiger partial charge in [0.05, 0.1) is 32.4 Å². The van der Waals surface area contributed by atoms with Gasteiger partial charge in [-0.1, -0.05) is 6.07 Å². The molecule has 0 aliphatic carbocycles. The Morgan fingerprint density at radius 1 is 0.927 bits per heavy atom. The fourth-order valence-electron chi connectivity index (χ4n) is 5.65. The fraction of sp³-hybridized carbons (Fsp3) is 0.406. The maximum Gasteiger partial charge on any atom is 0.305 e. The number of carboxylic acids is 1. The second-order valence-corrected chi connectivity index (χ2v) is 10.4. The maximum atomic E-state index is 14.5. The number of halogens is 1. The van der Waals surface area contributed by atoms with E-state index in [-0.39, 0.29) is 30.5 Å². The molecule has 41 heavy (non-hydrogen) atoms. The summed E-state index contributed by atoms with van der Waals surface area (Å²) in [5.41, 5.74) is 1.49. The van der Waals surface area contributed by atoms with Crippen LogP contribution in [-0.4, -0.2) is 62.7 Å². The summed E-state index contributed by atoms with van der Waals surface area (Å²) >= 11 is 0. The maximum absolute atomic E-state index is 14.5. The Kier molecular flexibility index (Phi) is 9.01. The minimum absolute atomic E-state index is 0.0300. The van der Waals surface area contributed by atoms with E-state index in [1.807, 2.05) is 60.4 Å². The van der Waals surface area contributed by atoms with Crippen molar-refractivity contribution in [1.82, 2.24) is 0 Å². The topological polar surface area (TPSA) is 80.7 Å². The number of nitrogens with zero attached hydrogens (tertiary/aromatic N) is 2. The van der Waals surface area contributed by atoms with Crippen LogP contribution in [0, 0.1) is 5.82 Å². The number of hydrogen-bond acceptors (Lipinski definition) is 7. The van der Waals surface area contributed by atoms with Crippen molar-refractivity contribution in [3.63, 3.8) is 0 Å². The first-order valence-corrected chi connectivity index (χ1v) is 14.1. The number of carbonyl (C=O) groups is 1. The van der Waals surface area contributed by atoms with E-state index in [1.54, 1.807) is 19.2 Å². The highest BCUT2D eigenvalue weighted by molar-refractivity contribution is 5.69. The first kappa shape index (κ1) is 28.4. The highest BCUT2D eigenvalue weighted by Gasteiger charge is 2.35. The van der Waals surface area contributed by atoms with Crippen molar-refractivity contribution < 1.29 is 33.2 Å². The summed E-state index contributed by atoms with van der Waals surface area (Å²) < 4.78 is 37.8. The third kappa shape index (κ3) is 7.14. The average Bonchev–Trinajstić information content (AvgIpc) is 3.36. The lowest BCUT2D eigenvalue weighted by Crippen LogP contribution is -2.38. The lowest BCUT2D eigenvalue weighted by atomic mass is 10.1. The van der Waals surface area contributed by atoms with Gasteiger partial charge in [-0.2, -0.15) is 0 Å². The van der Waals surface area contributed by atoms with Crippen LogP contribution in [0.3, 0.4) is 0 Å². The van der Waals surface area contributed by atoms with Gasteiger partial charge in [0.25, 0.3) is 0 Å². The van der Waals surface area contributed by atoms with Gasteiger partial charge in [-0.3, -0.25) is 4.79 Å². The van der Waals surface area contributed by atoms with Crippen LogP contribution < -0.4 is 28.7 Å². The molecule has 2 heterocycles. The van der Waals surface area contributed by atoms with Gasteiger partial charge in [0, 0.05) is 56.2 Å². The molecule has 0 aromatic heterocycles. The van der Waals surface area contributed by atoms with Crippen LogP contribution in [0.15, 0.2) is 66.7 Å². The number of rotatable bonds is 11. The molecule has 2 aliphatic heterocycles. The Morgan fingerprint density at radius 2 is 1.63 bits per heavy atom. The predicted octanol–water partition coefficient (Wildman–Crippen LogP) is 5.78. The van der Waals surface area contributed by atoms with Crippen LogP contribution in [0.2, 0.25) is 0 Å². The molecule has 2 aliphatic rings. The van der Waals surface area contributed by atoms with Crippen molar-refractivity contribution in [2.45, 2.75) is 50.9 Å². The molecule has 0 bridgehead atoms.